The van der Waals surface area contributed by atoms with Gasteiger partial charge in [0.2, 0.25) is 0 Å². The van der Waals surface area contributed by atoms with Crippen LogP contribution in [0, 0.1) is 11.3 Å². The lowest BCUT2D eigenvalue weighted by atomic mass is 9.86. The minimum absolute atomic E-state index is 0.326. The van der Waals surface area contributed by atoms with Crippen molar-refractivity contribution in [3.8, 4) is 28.7 Å². The lowest BCUT2D eigenvalue weighted by Crippen LogP contribution is -2.62. The lowest BCUT2D eigenvalue weighted by Gasteiger charge is -2.49. The van der Waals surface area contributed by atoms with E-state index in [1.54, 1.807) is 23.3 Å². The predicted molar refractivity (Wildman–Crippen MR) is 112 cm³/mol. The molecule has 0 saturated carbocycles. The van der Waals surface area contributed by atoms with E-state index in [1.165, 1.54) is 0 Å². The number of aryl methyl sites for hydroxylation is 1. The zero-order valence-corrected chi connectivity index (χ0v) is 17.2. The van der Waals surface area contributed by atoms with Crippen molar-refractivity contribution in [2.45, 2.75) is 18.4 Å². The van der Waals surface area contributed by atoms with Gasteiger partial charge < -0.3 is 0 Å². The normalized spacial score (nSPS) is 15.8. The maximum Gasteiger partial charge on any atom is 0.149 e. The molecule has 0 spiro atoms. The monoisotopic (exact) mass is 419 g/mol. The van der Waals surface area contributed by atoms with E-state index in [9.17, 15) is 9.65 Å². The molecule has 0 aromatic carbocycles. The van der Waals surface area contributed by atoms with Crippen molar-refractivity contribution in [1.29, 1.82) is 5.26 Å². The van der Waals surface area contributed by atoms with Crippen LogP contribution in [0.2, 0.25) is 0 Å². The van der Waals surface area contributed by atoms with Crippen molar-refractivity contribution in [1.82, 2.24) is 38.8 Å². The molecule has 0 radical (unpaired) electrons. The number of alkyl halides is 1. The van der Waals surface area contributed by atoms with Gasteiger partial charge in [-0.2, -0.15) is 15.5 Å². The second-order valence-corrected chi connectivity index (χ2v) is 8.01. The molecular formula is C21H22FN9. The number of imidazole rings is 1. The van der Waals surface area contributed by atoms with Gasteiger partial charge in [0, 0.05) is 63.1 Å². The van der Waals surface area contributed by atoms with Crippen molar-refractivity contribution >= 4 is 5.65 Å². The molecule has 158 valence electrons. The Morgan fingerprint density at radius 3 is 2.77 bits per heavy atom. The third kappa shape index (κ3) is 3.37. The highest BCUT2D eigenvalue weighted by Gasteiger charge is 2.45. The standard InChI is InChI=1S/C21H22FN9/c1-28-12-16(10-25-28)18-9-19-24-6-8-30(19)20(27-18)17-11-26-31(13-17)21(3-5-23)14-29(15-21)7-2-4-22/h6,8-13H,2-4,7,14-15H2,1H3. The zero-order chi connectivity index (χ0) is 21.4. The van der Waals surface area contributed by atoms with Crippen LogP contribution in [0.1, 0.15) is 12.8 Å². The van der Waals surface area contributed by atoms with E-state index in [1.807, 2.05) is 40.8 Å². The van der Waals surface area contributed by atoms with Gasteiger partial charge in [-0.3, -0.25) is 23.1 Å². The first-order valence-corrected chi connectivity index (χ1v) is 10.2. The van der Waals surface area contributed by atoms with Crippen molar-refractivity contribution in [3.63, 3.8) is 0 Å². The number of hydrogen-bond donors (Lipinski definition) is 0. The molecule has 4 aromatic heterocycles. The van der Waals surface area contributed by atoms with Gasteiger partial charge in [0.15, 0.2) is 0 Å². The van der Waals surface area contributed by atoms with Gasteiger partial charge in [0.1, 0.15) is 17.0 Å². The molecule has 1 saturated heterocycles. The second-order valence-electron chi connectivity index (χ2n) is 8.01. The molecule has 0 atom stereocenters. The van der Waals surface area contributed by atoms with E-state index in [2.05, 4.69) is 26.2 Å². The third-order valence-corrected chi connectivity index (χ3v) is 5.77. The molecule has 5 heterocycles. The van der Waals surface area contributed by atoms with E-state index in [-0.39, 0.29) is 6.67 Å². The summed E-state index contributed by atoms with van der Waals surface area (Å²) in [4.78, 5) is 11.5. The molecule has 1 aliphatic heterocycles. The summed E-state index contributed by atoms with van der Waals surface area (Å²) in [6.45, 7) is 1.74. The van der Waals surface area contributed by atoms with Crippen LogP contribution in [0.5, 0.6) is 0 Å². The number of likely N-dealkylation sites (tertiary alicyclic amines) is 1. The van der Waals surface area contributed by atoms with Crippen LogP contribution in [-0.2, 0) is 12.6 Å². The van der Waals surface area contributed by atoms with Gasteiger partial charge in [-0.1, -0.05) is 0 Å². The summed E-state index contributed by atoms with van der Waals surface area (Å²) in [5.41, 5.74) is 2.92. The number of aromatic nitrogens is 7. The molecule has 0 unspecified atom stereocenters. The Balaban J connectivity index is 1.51. The molecular weight excluding hydrogens is 397 g/mol. The molecule has 4 aromatic rings. The highest BCUT2D eigenvalue weighted by atomic mass is 19.1. The molecule has 1 fully saturated rings. The highest BCUT2D eigenvalue weighted by Crippen LogP contribution is 2.34. The first-order chi connectivity index (χ1) is 15.1. The van der Waals surface area contributed by atoms with Crippen LogP contribution in [0.25, 0.3) is 28.3 Å². The zero-order valence-electron chi connectivity index (χ0n) is 17.2. The summed E-state index contributed by atoms with van der Waals surface area (Å²) in [6.07, 6.45) is 11.9. The third-order valence-electron chi connectivity index (χ3n) is 5.77. The lowest BCUT2D eigenvalue weighted by molar-refractivity contribution is 0.00367. The van der Waals surface area contributed by atoms with E-state index in [0.29, 0.717) is 32.5 Å². The van der Waals surface area contributed by atoms with E-state index >= 15 is 0 Å². The minimum atomic E-state index is -0.391. The average Bonchev–Trinajstić information content (AvgIpc) is 3.49. The van der Waals surface area contributed by atoms with Gasteiger partial charge in [0.25, 0.3) is 0 Å². The van der Waals surface area contributed by atoms with E-state index in [4.69, 9.17) is 4.98 Å². The quantitative estimate of drug-likeness (QED) is 0.456. The fraction of sp³-hybridized carbons (Fsp3) is 0.381. The van der Waals surface area contributed by atoms with Crippen LogP contribution < -0.4 is 0 Å². The topological polar surface area (TPSA) is 92.9 Å². The highest BCUT2D eigenvalue weighted by molar-refractivity contribution is 5.68. The summed E-state index contributed by atoms with van der Waals surface area (Å²) < 4.78 is 18.0. The number of nitrogens with zero attached hydrogens (tertiary/aromatic N) is 9. The summed E-state index contributed by atoms with van der Waals surface area (Å²) in [7, 11) is 1.87. The Kier molecular flexibility index (Phi) is 4.75. The van der Waals surface area contributed by atoms with Gasteiger partial charge in [0.05, 0.1) is 42.8 Å². The molecule has 9 nitrogen and oxygen atoms in total. The van der Waals surface area contributed by atoms with E-state index in [0.717, 1.165) is 28.3 Å². The molecule has 31 heavy (non-hydrogen) atoms. The van der Waals surface area contributed by atoms with Gasteiger partial charge in [-0.25, -0.2) is 9.97 Å². The summed E-state index contributed by atoms with van der Waals surface area (Å²) >= 11 is 0. The molecule has 0 aliphatic carbocycles. The number of halogens is 1. The molecule has 0 amide bonds. The smallest absolute Gasteiger partial charge is 0.149 e. The fourth-order valence-electron chi connectivity index (χ4n) is 4.24. The Labute approximate surface area is 178 Å². The average molecular weight is 419 g/mol. The van der Waals surface area contributed by atoms with Crippen LogP contribution >= 0.6 is 0 Å². The maximum atomic E-state index is 12.5. The number of fused-ring (bicyclic) bond motifs is 1. The Hall–Kier alpha value is -3.58. The van der Waals surface area contributed by atoms with E-state index < -0.39 is 5.54 Å². The Morgan fingerprint density at radius 2 is 2.03 bits per heavy atom. The number of rotatable bonds is 7. The summed E-state index contributed by atoms with van der Waals surface area (Å²) in [5.74, 6) is 0.723. The molecule has 0 N–H and O–H groups in total. The van der Waals surface area contributed by atoms with Crippen molar-refractivity contribution in [3.05, 3.63) is 43.2 Å². The van der Waals surface area contributed by atoms with Gasteiger partial charge in [-0.15, -0.1) is 0 Å². The van der Waals surface area contributed by atoms with Crippen molar-refractivity contribution in [2.75, 3.05) is 26.3 Å². The van der Waals surface area contributed by atoms with Gasteiger partial charge in [-0.05, 0) is 6.42 Å². The Bertz CT molecular complexity index is 1260. The second kappa shape index (κ2) is 7.59. The first kappa shape index (κ1) is 19.4. The molecule has 1 aliphatic rings. The van der Waals surface area contributed by atoms with Crippen molar-refractivity contribution < 1.29 is 4.39 Å². The van der Waals surface area contributed by atoms with Crippen LogP contribution in [0.4, 0.5) is 4.39 Å². The number of nitriles is 1. The summed E-state index contributed by atoms with van der Waals surface area (Å²) in [5, 5.41) is 18.2. The van der Waals surface area contributed by atoms with Crippen LogP contribution in [0.15, 0.2) is 43.2 Å². The first-order valence-electron chi connectivity index (χ1n) is 10.2. The van der Waals surface area contributed by atoms with Gasteiger partial charge >= 0.3 is 0 Å². The number of hydrogen-bond acceptors (Lipinski definition) is 6. The largest absolute Gasteiger partial charge is 0.298 e. The van der Waals surface area contributed by atoms with Crippen LogP contribution in [0.3, 0.4) is 0 Å². The SMILES string of the molecule is Cn1cc(-c2cc3nccn3c(-c3cnn(C4(CC#N)CN(CCCF)C4)c3)n2)cn1. The van der Waals surface area contributed by atoms with Crippen molar-refractivity contribution in [2.24, 2.45) is 7.05 Å². The molecule has 5 rings (SSSR count). The summed E-state index contributed by atoms with van der Waals surface area (Å²) in [6, 6.07) is 4.22. The minimum Gasteiger partial charge on any atom is -0.298 e. The van der Waals surface area contributed by atoms with Crippen LogP contribution in [-0.4, -0.2) is 65.1 Å². The molecule has 0 bridgehead atoms. The molecule has 10 heteroatoms. The Morgan fingerprint density at radius 1 is 1.19 bits per heavy atom. The fourth-order valence-corrected chi connectivity index (χ4v) is 4.24. The predicted octanol–water partition coefficient (Wildman–Crippen LogP) is 2.28. The maximum absolute atomic E-state index is 12.5.